The van der Waals surface area contributed by atoms with E-state index in [-0.39, 0.29) is 17.9 Å². The van der Waals surface area contributed by atoms with Crippen LogP contribution < -0.4 is 10.1 Å². The molecule has 2 amide bonds. The fourth-order valence-corrected chi connectivity index (χ4v) is 4.44. The quantitative estimate of drug-likeness (QED) is 0.625. The SMILES string of the molecule is CN(Cc1cccc(OCCN2CCN(C(=O)c3cccnc3)CC2)c1)CC1CCC(=O)N1. The van der Waals surface area contributed by atoms with Crippen LogP contribution in [0.3, 0.4) is 0 Å². The van der Waals surface area contributed by atoms with Crippen molar-refractivity contribution >= 4 is 11.8 Å². The molecule has 0 radical (unpaired) electrons. The second-order valence-corrected chi connectivity index (χ2v) is 8.87. The largest absolute Gasteiger partial charge is 0.492 e. The minimum atomic E-state index is 0.0519. The summed E-state index contributed by atoms with van der Waals surface area (Å²) in [7, 11) is 2.08. The van der Waals surface area contributed by atoms with E-state index < -0.39 is 0 Å². The monoisotopic (exact) mass is 451 g/mol. The maximum absolute atomic E-state index is 12.5. The molecule has 176 valence electrons. The molecule has 0 saturated carbocycles. The number of ether oxygens (including phenoxy) is 1. The lowest BCUT2D eigenvalue weighted by Gasteiger charge is -2.34. The van der Waals surface area contributed by atoms with E-state index in [1.807, 2.05) is 23.1 Å². The van der Waals surface area contributed by atoms with E-state index in [9.17, 15) is 9.59 Å². The summed E-state index contributed by atoms with van der Waals surface area (Å²) in [6.45, 7) is 6.25. The summed E-state index contributed by atoms with van der Waals surface area (Å²) in [5.74, 6) is 1.09. The Morgan fingerprint density at radius 1 is 1.21 bits per heavy atom. The van der Waals surface area contributed by atoms with Gasteiger partial charge in [-0.05, 0) is 43.3 Å². The summed E-state index contributed by atoms with van der Waals surface area (Å²) in [6, 6.07) is 12.1. The Morgan fingerprint density at radius 3 is 2.79 bits per heavy atom. The number of amides is 2. The van der Waals surface area contributed by atoms with Crippen LogP contribution in [-0.2, 0) is 11.3 Å². The smallest absolute Gasteiger partial charge is 0.255 e. The van der Waals surface area contributed by atoms with E-state index in [0.717, 1.165) is 58.0 Å². The molecule has 1 aromatic heterocycles. The Kier molecular flexibility index (Phi) is 7.91. The number of piperazine rings is 1. The molecule has 2 aliphatic heterocycles. The molecule has 0 aliphatic carbocycles. The number of carbonyl (C=O) groups is 2. The van der Waals surface area contributed by atoms with Gasteiger partial charge in [0, 0.05) is 70.7 Å². The van der Waals surface area contributed by atoms with Crippen molar-refractivity contribution in [3.05, 3.63) is 59.9 Å². The zero-order chi connectivity index (χ0) is 23.0. The van der Waals surface area contributed by atoms with Crippen molar-refractivity contribution in [1.29, 1.82) is 0 Å². The average molecular weight is 452 g/mol. The zero-order valence-corrected chi connectivity index (χ0v) is 19.3. The standard InChI is InChI=1S/C25H33N5O3/c1-28(19-22-7-8-24(31)27-22)18-20-4-2-6-23(16-20)33-15-14-29-10-12-30(13-11-29)25(32)21-5-3-9-26-17-21/h2-6,9,16-17,22H,7-8,10-15,18-19H2,1H3,(H,27,31). The number of hydrogen-bond acceptors (Lipinski definition) is 6. The number of rotatable bonds is 9. The highest BCUT2D eigenvalue weighted by Gasteiger charge is 2.23. The Morgan fingerprint density at radius 2 is 2.06 bits per heavy atom. The molecular weight excluding hydrogens is 418 g/mol. The molecule has 8 nitrogen and oxygen atoms in total. The molecule has 8 heteroatoms. The van der Waals surface area contributed by atoms with Crippen molar-refractivity contribution in [2.75, 3.05) is 52.9 Å². The van der Waals surface area contributed by atoms with Crippen LogP contribution in [0.5, 0.6) is 5.75 Å². The number of carbonyl (C=O) groups excluding carboxylic acids is 2. The Labute approximate surface area is 195 Å². The molecule has 0 bridgehead atoms. The van der Waals surface area contributed by atoms with Gasteiger partial charge in [0.1, 0.15) is 12.4 Å². The average Bonchev–Trinajstić information content (AvgIpc) is 3.24. The second-order valence-electron chi connectivity index (χ2n) is 8.87. The topological polar surface area (TPSA) is 78.0 Å². The summed E-state index contributed by atoms with van der Waals surface area (Å²) in [6.07, 6.45) is 4.86. The van der Waals surface area contributed by atoms with Crippen molar-refractivity contribution in [3.8, 4) is 5.75 Å². The van der Waals surface area contributed by atoms with Crippen LogP contribution in [0.25, 0.3) is 0 Å². The minimum absolute atomic E-state index is 0.0519. The number of nitrogens with zero attached hydrogens (tertiary/aromatic N) is 4. The maximum Gasteiger partial charge on any atom is 0.255 e. The van der Waals surface area contributed by atoms with Gasteiger partial charge in [0.25, 0.3) is 5.91 Å². The molecule has 2 aliphatic rings. The minimum Gasteiger partial charge on any atom is -0.492 e. The predicted octanol–water partition coefficient (Wildman–Crippen LogP) is 1.63. The molecule has 1 atom stereocenters. The third-order valence-electron chi connectivity index (χ3n) is 6.21. The first kappa shape index (κ1) is 23.2. The zero-order valence-electron chi connectivity index (χ0n) is 19.3. The highest BCUT2D eigenvalue weighted by molar-refractivity contribution is 5.93. The summed E-state index contributed by atoms with van der Waals surface area (Å²) < 4.78 is 6.02. The van der Waals surface area contributed by atoms with E-state index in [1.54, 1.807) is 18.5 Å². The van der Waals surface area contributed by atoms with Gasteiger partial charge in [-0.15, -0.1) is 0 Å². The third-order valence-corrected chi connectivity index (χ3v) is 6.21. The van der Waals surface area contributed by atoms with E-state index in [1.165, 1.54) is 5.56 Å². The lowest BCUT2D eigenvalue weighted by Crippen LogP contribution is -2.49. The van der Waals surface area contributed by atoms with E-state index in [4.69, 9.17) is 4.74 Å². The number of benzene rings is 1. The molecule has 0 spiro atoms. The van der Waals surface area contributed by atoms with Crippen molar-refractivity contribution < 1.29 is 14.3 Å². The molecule has 1 N–H and O–H groups in total. The van der Waals surface area contributed by atoms with Crippen molar-refractivity contribution in [3.63, 3.8) is 0 Å². The number of pyridine rings is 1. The summed E-state index contributed by atoms with van der Waals surface area (Å²) >= 11 is 0. The van der Waals surface area contributed by atoms with Crippen molar-refractivity contribution in [1.82, 2.24) is 25.0 Å². The summed E-state index contributed by atoms with van der Waals surface area (Å²) in [4.78, 5) is 34.4. The lowest BCUT2D eigenvalue weighted by molar-refractivity contribution is -0.119. The molecule has 33 heavy (non-hydrogen) atoms. The van der Waals surface area contributed by atoms with Crippen LogP contribution in [0.4, 0.5) is 0 Å². The third kappa shape index (κ3) is 6.76. The number of hydrogen-bond donors (Lipinski definition) is 1. The molecule has 2 fully saturated rings. The Hall–Kier alpha value is -2.97. The van der Waals surface area contributed by atoms with Crippen LogP contribution >= 0.6 is 0 Å². The number of aromatic nitrogens is 1. The maximum atomic E-state index is 12.5. The van der Waals surface area contributed by atoms with Crippen LogP contribution in [0.15, 0.2) is 48.8 Å². The highest BCUT2D eigenvalue weighted by atomic mass is 16.5. The van der Waals surface area contributed by atoms with E-state index in [2.05, 4.69) is 39.3 Å². The van der Waals surface area contributed by atoms with Gasteiger partial charge in [0.05, 0.1) is 5.56 Å². The molecule has 4 rings (SSSR count). The molecule has 2 saturated heterocycles. The molecule has 1 aromatic carbocycles. The second kappa shape index (κ2) is 11.2. The number of likely N-dealkylation sites (N-methyl/N-ethyl adjacent to an activating group) is 1. The van der Waals surface area contributed by atoms with Gasteiger partial charge in [-0.1, -0.05) is 12.1 Å². The first-order valence-corrected chi connectivity index (χ1v) is 11.7. The van der Waals surface area contributed by atoms with Crippen molar-refractivity contribution in [2.45, 2.75) is 25.4 Å². The first-order valence-electron chi connectivity index (χ1n) is 11.7. The van der Waals surface area contributed by atoms with Crippen LogP contribution in [0.1, 0.15) is 28.8 Å². The fraction of sp³-hybridized carbons (Fsp3) is 0.480. The summed E-state index contributed by atoms with van der Waals surface area (Å²) in [5, 5.41) is 3.02. The van der Waals surface area contributed by atoms with Crippen LogP contribution in [0.2, 0.25) is 0 Å². The van der Waals surface area contributed by atoms with E-state index in [0.29, 0.717) is 18.6 Å². The van der Waals surface area contributed by atoms with Crippen LogP contribution in [0, 0.1) is 0 Å². The summed E-state index contributed by atoms with van der Waals surface area (Å²) in [5.41, 5.74) is 1.84. The van der Waals surface area contributed by atoms with Gasteiger partial charge in [0.2, 0.25) is 5.91 Å². The van der Waals surface area contributed by atoms with Gasteiger partial charge in [-0.25, -0.2) is 0 Å². The fourth-order valence-electron chi connectivity index (χ4n) is 4.44. The van der Waals surface area contributed by atoms with Gasteiger partial charge in [-0.3, -0.25) is 19.5 Å². The number of nitrogens with one attached hydrogen (secondary N) is 1. The van der Waals surface area contributed by atoms with Gasteiger partial charge in [-0.2, -0.15) is 0 Å². The Bertz CT molecular complexity index is 931. The first-order chi connectivity index (χ1) is 16.1. The van der Waals surface area contributed by atoms with Gasteiger partial charge < -0.3 is 19.9 Å². The Balaban J connectivity index is 1.17. The predicted molar refractivity (Wildman–Crippen MR) is 126 cm³/mol. The van der Waals surface area contributed by atoms with E-state index >= 15 is 0 Å². The van der Waals surface area contributed by atoms with Gasteiger partial charge in [0.15, 0.2) is 0 Å². The van der Waals surface area contributed by atoms with Gasteiger partial charge >= 0.3 is 0 Å². The van der Waals surface area contributed by atoms with Crippen LogP contribution in [-0.4, -0.2) is 90.5 Å². The molecule has 3 heterocycles. The highest BCUT2D eigenvalue weighted by Crippen LogP contribution is 2.16. The normalized spacial score (nSPS) is 19.0. The molecular formula is C25H33N5O3. The lowest BCUT2D eigenvalue weighted by atomic mass is 10.1. The van der Waals surface area contributed by atoms with Crippen molar-refractivity contribution in [2.24, 2.45) is 0 Å². The molecule has 1 unspecified atom stereocenters. The molecule has 2 aromatic rings.